The third kappa shape index (κ3) is 12.0. The van der Waals surface area contributed by atoms with E-state index >= 15 is 0 Å². The molecule has 0 unspecified atom stereocenters. The first-order chi connectivity index (χ1) is 24.9. The zero-order chi connectivity index (χ0) is 39.0. The monoisotopic (exact) mass is 848 g/mol. The average Bonchev–Trinajstić information content (AvgIpc) is 3.08. The van der Waals surface area contributed by atoms with Crippen LogP contribution in [0.15, 0.2) is 101 Å². The lowest BCUT2D eigenvalue weighted by Gasteiger charge is -2.12. The van der Waals surface area contributed by atoms with E-state index in [1.807, 2.05) is 6.11 Å². The summed E-state index contributed by atoms with van der Waals surface area (Å²) in [5.41, 5.74) is 5.79. The van der Waals surface area contributed by atoms with Crippen molar-refractivity contribution in [2.24, 2.45) is 20.5 Å². The SMILES string of the molecule is CN(C)CCS(=O)(=O)c1ccc(N=Nc2c(N)ccc3c(O)c(N=Nc4ccc(SC#COOS(=O)(=O)O)cc4)c(SOOO)cc23)c(S(=O)(=O)O)c1.O. The van der Waals surface area contributed by atoms with Crippen LogP contribution in [0.4, 0.5) is 28.4 Å². The van der Waals surface area contributed by atoms with E-state index in [1.54, 1.807) is 31.1 Å². The van der Waals surface area contributed by atoms with Crippen molar-refractivity contribution < 1.29 is 68.8 Å². The normalized spacial score (nSPS) is 12.3. The summed E-state index contributed by atoms with van der Waals surface area (Å²) in [5, 5.41) is 42.6. The van der Waals surface area contributed by atoms with Gasteiger partial charge in [0.15, 0.2) is 21.7 Å². The van der Waals surface area contributed by atoms with Gasteiger partial charge in [0.05, 0.1) is 39.0 Å². The average molecular weight is 849 g/mol. The van der Waals surface area contributed by atoms with Crippen LogP contribution in [0, 0.1) is 11.4 Å². The smallest absolute Gasteiger partial charge is 0.433 e. The molecule has 4 aromatic carbocycles. The number of hydrogen-bond donors (Lipinski definition) is 5. The summed E-state index contributed by atoms with van der Waals surface area (Å²) >= 11 is 1.32. The van der Waals surface area contributed by atoms with E-state index in [1.165, 1.54) is 30.3 Å². The first kappa shape index (κ1) is 43.9. The van der Waals surface area contributed by atoms with Crippen LogP contribution in [0.5, 0.6) is 5.75 Å². The molecule has 0 fully saturated rings. The Labute approximate surface area is 315 Å². The highest BCUT2D eigenvalue weighted by molar-refractivity contribution is 8.04. The second kappa shape index (κ2) is 18.7. The molecule has 0 aliphatic heterocycles. The Hall–Kier alpha value is -4.47. The molecule has 0 heterocycles. The largest absolute Gasteiger partial charge is 0.505 e. The lowest BCUT2D eigenvalue weighted by molar-refractivity contribution is -0.432. The number of thioether (sulfide) groups is 1. The molecule has 0 radical (unpaired) electrons. The second-order valence-electron chi connectivity index (χ2n) is 10.4. The molecule has 0 saturated carbocycles. The lowest BCUT2D eigenvalue weighted by Crippen LogP contribution is -2.22. The zero-order valence-corrected chi connectivity index (χ0v) is 31.5. The molecular formula is C28H28N6O15S5. The van der Waals surface area contributed by atoms with Crippen molar-refractivity contribution >= 4 is 93.4 Å². The summed E-state index contributed by atoms with van der Waals surface area (Å²) in [7, 11) is -10.4. The number of phenols is 1. The van der Waals surface area contributed by atoms with Crippen molar-refractivity contribution in [3.05, 3.63) is 60.7 Å². The minimum Gasteiger partial charge on any atom is -0.505 e. The summed E-state index contributed by atoms with van der Waals surface area (Å²) in [6.07, 6.45) is 1.90. The Morgan fingerprint density at radius 2 is 1.56 bits per heavy atom. The molecule has 8 N–H and O–H groups in total. The van der Waals surface area contributed by atoms with E-state index in [9.17, 15) is 34.9 Å². The van der Waals surface area contributed by atoms with Crippen molar-refractivity contribution in [2.45, 2.75) is 19.6 Å². The molecule has 0 saturated heterocycles. The predicted molar refractivity (Wildman–Crippen MR) is 193 cm³/mol. The molecule has 4 rings (SSSR count). The minimum absolute atomic E-state index is 0. The lowest BCUT2D eigenvalue weighted by atomic mass is 10.1. The maximum absolute atomic E-state index is 12.8. The molecular weight excluding hydrogens is 821 g/mol. The Morgan fingerprint density at radius 3 is 2.19 bits per heavy atom. The maximum Gasteiger partial charge on any atom is 0.433 e. The highest BCUT2D eigenvalue weighted by Gasteiger charge is 2.23. The number of benzene rings is 4. The van der Waals surface area contributed by atoms with Crippen LogP contribution in [0.3, 0.4) is 0 Å². The molecule has 0 bridgehead atoms. The molecule has 0 spiro atoms. The van der Waals surface area contributed by atoms with Crippen molar-refractivity contribution in [1.82, 2.24) is 4.90 Å². The molecule has 54 heavy (non-hydrogen) atoms. The highest BCUT2D eigenvalue weighted by Crippen LogP contribution is 2.48. The van der Waals surface area contributed by atoms with Crippen LogP contribution in [0.25, 0.3) is 10.8 Å². The van der Waals surface area contributed by atoms with Gasteiger partial charge < -0.3 is 21.2 Å². The fraction of sp³-hybridized carbons (Fsp3) is 0.143. The second-order valence-corrected chi connectivity index (χ2v) is 16.5. The van der Waals surface area contributed by atoms with Gasteiger partial charge in [-0.2, -0.15) is 21.9 Å². The first-order valence-electron chi connectivity index (χ1n) is 14.0. The van der Waals surface area contributed by atoms with E-state index in [2.05, 4.69) is 44.3 Å². The molecule has 0 atom stereocenters. The van der Waals surface area contributed by atoms with Crippen molar-refractivity contribution in [2.75, 3.05) is 32.1 Å². The number of fused-ring (bicyclic) bond motifs is 1. The third-order valence-corrected chi connectivity index (χ3v) is 10.6. The molecule has 290 valence electrons. The number of nitrogen functional groups attached to an aromatic ring is 1. The van der Waals surface area contributed by atoms with Gasteiger partial charge in [-0.1, -0.05) is 5.04 Å². The molecule has 4 aromatic rings. The van der Waals surface area contributed by atoms with Gasteiger partial charge >= 0.3 is 10.4 Å². The van der Waals surface area contributed by atoms with E-state index in [4.69, 9.17) is 15.5 Å². The van der Waals surface area contributed by atoms with Crippen LogP contribution in [-0.2, 0) is 48.9 Å². The standard InChI is InChI=1S/C28H26N6O14S5.H2O/c1-34(2)11-14-51(37,38)19-7-10-23(25(15-19)52(39,40)41)31-32-26-21-16-24(50-47-46-36)27(28(35)20(21)8-9-22(26)29)33-30-17-3-5-18(6-4-17)49-13-12-45-48-53(42,43)44;/h3-10,15-16,35-36H,11,14,29H2,1-2H3,(H,39,40,41)(H,42,43,44);1H2. The summed E-state index contributed by atoms with van der Waals surface area (Å²) in [6.45, 7) is 0.153. The van der Waals surface area contributed by atoms with Gasteiger partial charge in [0.1, 0.15) is 22.0 Å². The van der Waals surface area contributed by atoms with Crippen molar-refractivity contribution in [3.63, 3.8) is 0 Å². The molecule has 0 aliphatic rings. The molecule has 0 amide bonds. The Morgan fingerprint density at radius 1 is 0.870 bits per heavy atom. The number of anilines is 1. The Kier molecular flexibility index (Phi) is 15.2. The number of phenolic OH excluding ortho intramolecular Hbond substituents is 1. The van der Waals surface area contributed by atoms with E-state index in [0.29, 0.717) is 22.6 Å². The fourth-order valence-corrected chi connectivity index (χ4v) is 7.30. The number of aromatic hydroxyl groups is 1. The van der Waals surface area contributed by atoms with Crippen molar-refractivity contribution in [3.8, 4) is 17.1 Å². The van der Waals surface area contributed by atoms with Crippen LogP contribution >= 0.6 is 23.8 Å². The summed E-state index contributed by atoms with van der Waals surface area (Å²) in [6, 6.07) is 13.3. The third-order valence-electron chi connectivity index (χ3n) is 6.50. The predicted octanol–water partition coefficient (Wildman–Crippen LogP) is 4.91. The van der Waals surface area contributed by atoms with Crippen LogP contribution in [-0.4, -0.2) is 81.5 Å². The minimum atomic E-state index is -5.00. The van der Waals surface area contributed by atoms with Crippen LogP contribution in [0.2, 0.25) is 0 Å². The Bertz CT molecular complexity index is 2450. The zero-order valence-electron chi connectivity index (χ0n) is 27.4. The van der Waals surface area contributed by atoms with E-state index < -0.39 is 46.7 Å². The fourth-order valence-electron chi connectivity index (χ4n) is 4.09. The van der Waals surface area contributed by atoms with Gasteiger partial charge in [0, 0.05) is 27.5 Å². The maximum atomic E-state index is 12.8. The topological polar surface area (TPSA) is 330 Å². The number of azo groups is 2. The van der Waals surface area contributed by atoms with Crippen LogP contribution in [0.1, 0.15) is 0 Å². The molecule has 26 heteroatoms. The van der Waals surface area contributed by atoms with Gasteiger partial charge in [-0.05, 0) is 90.9 Å². The first-order valence-corrected chi connectivity index (χ1v) is 20.1. The number of hydrogen-bond acceptors (Lipinski definition) is 20. The van der Waals surface area contributed by atoms with Gasteiger partial charge in [0.25, 0.3) is 10.1 Å². The van der Waals surface area contributed by atoms with Gasteiger partial charge in [-0.15, -0.1) is 19.7 Å². The highest BCUT2D eigenvalue weighted by atomic mass is 32.3. The van der Waals surface area contributed by atoms with Gasteiger partial charge in [0.2, 0.25) is 0 Å². The van der Waals surface area contributed by atoms with E-state index in [0.717, 1.165) is 30.0 Å². The number of nitrogens with zero attached hydrogens (tertiary/aromatic N) is 5. The summed E-state index contributed by atoms with van der Waals surface area (Å²) < 4.78 is 97.6. The number of nitrogens with two attached hydrogens (primary N) is 1. The van der Waals surface area contributed by atoms with Gasteiger partial charge in [-0.3, -0.25) is 14.0 Å². The van der Waals surface area contributed by atoms with Crippen LogP contribution < -0.4 is 5.73 Å². The van der Waals surface area contributed by atoms with E-state index in [-0.39, 0.29) is 55.4 Å². The molecule has 21 nitrogen and oxygen atoms in total. The molecule has 0 aliphatic carbocycles. The quantitative estimate of drug-likeness (QED) is 0.0155. The number of sulfone groups is 1. The molecule has 0 aromatic heterocycles. The van der Waals surface area contributed by atoms with Crippen molar-refractivity contribution in [1.29, 1.82) is 0 Å². The summed E-state index contributed by atoms with van der Waals surface area (Å²) in [5.74, 6) is -0.791. The number of rotatable bonds is 15. The van der Waals surface area contributed by atoms with Gasteiger partial charge in [-0.25, -0.2) is 13.7 Å². The Balaban J connectivity index is 0.00000784. The summed E-state index contributed by atoms with van der Waals surface area (Å²) in [4.78, 5) is 5.03.